The number of aromatic nitrogens is 4. The summed E-state index contributed by atoms with van der Waals surface area (Å²) in [5.41, 5.74) is 5.33. The van der Waals surface area contributed by atoms with Crippen molar-refractivity contribution in [3.05, 3.63) is 54.6 Å². The second kappa shape index (κ2) is 8.98. The van der Waals surface area contributed by atoms with Gasteiger partial charge in [0.05, 0.1) is 37.3 Å². The van der Waals surface area contributed by atoms with Crippen molar-refractivity contribution in [3.63, 3.8) is 0 Å². The Morgan fingerprint density at radius 1 is 1.14 bits per heavy atom. The summed E-state index contributed by atoms with van der Waals surface area (Å²) >= 11 is 0. The van der Waals surface area contributed by atoms with E-state index < -0.39 is 0 Å². The van der Waals surface area contributed by atoms with Gasteiger partial charge in [0.15, 0.2) is 11.5 Å². The van der Waals surface area contributed by atoms with Crippen LogP contribution in [0.5, 0.6) is 11.6 Å². The van der Waals surface area contributed by atoms with E-state index in [1.165, 1.54) is 0 Å². The van der Waals surface area contributed by atoms with Crippen molar-refractivity contribution in [2.75, 3.05) is 43.6 Å². The maximum Gasteiger partial charge on any atom is 0.216 e. The molecule has 186 valence electrons. The molecule has 36 heavy (non-hydrogen) atoms. The van der Waals surface area contributed by atoms with Gasteiger partial charge >= 0.3 is 0 Å². The summed E-state index contributed by atoms with van der Waals surface area (Å²) in [6.45, 7) is 7.26. The molecule has 5 heterocycles. The molecular formula is C27H30N6O3. The smallest absolute Gasteiger partial charge is 0.216 e. The van der Waals surface area contributed by atoms with E-state index >= 15 is 0 Å². The molecule has 0 aliphatic carbocycles. The number of fused-ring (bicyclic) bond motifs is 2. The van der Waals surface area contributed by atoms with Crippen LogP contribution in [0.2, 0.25) is 0 Å². The van der Waals surface area contributed by atoms with Crippen molar-refractivity contribution >= 4 is 22.8 Å². The number of pyridine rings is 1. The van der Waals surface area contributed by atoms with E-state index in [1.54, 1.807) is 13.3 Å². The molecule has 2 aliphatic rings. The maximum absolute atomic E-state index is 5.88. The van der Waals surface area contributed by atoms with Gasteiger partial charge in [0.2, 0.25) is 5.88 Å². The summed E-state index contributed by atoms with van der Waals surface area (Å²) in [6, 6.07) is 8.26. The standard InChI is InChI=1S/C27H30N6O3/c1-27(2)17-33(10-12-36-27)22-7-6-20(14-23(22)34-3)30-24-25-28-8-9-32(25)16-21(31-24)19-13-18-5-4-11-35-26(18)29-15-19/h6-9,13-16H,4-5,10-12,17H2,1-3H3,(H,30,31). The van der Waals surface area contributed by atoms with Crippen LogP contribution in [0, 0.1) is 0 Å². The van der Waals surface area contributed by atoms with E-state index in [0.717, 1.165) is 78.0 Å². The van der Waals surface area contributed by atoms with Gasteiger partial charge in [-0.3, -0.25) is 0 Å². The quantitative estimate of drug-likeness (QED) is 0.442. The van der Waals surface area contributed by atoms with E-state index in [-0.39, 0.29) is 5.60 Å². The zero-order valence-corrected chi connectivity index (χ0v) is 20.8. The Hall–Kier alpha value is -3.85. The predicted molar refractivity (Wildman–Crippen MR) is 139 cm³/mol. The first kappa shape index (κ1) is 22.6. The molecule has 9 nitrogen and oxygen atoms in total. The van der Waals surface area contributed by atoms with E-state index in [9.17, 15) is 0 Å². The molecule has 0 saturated carbocycles. The summed E-state index contributed by atoms with van der Waals surface area (Å²) < 4.78 is 19.3. The normalized spacial score (nSPS) is 16.9. The Kier molecular flexibility index (Phi) is 5.64. The number of anilines is 3. The van der Waals surface area contributed by atoms with Crippen LogP contribution < -0.4 is 19.7 Å². The van der Waals surface area contributed by atoms with Crippen LogP contribution in [0.1, 0.15) is 25.8 Å². The molecule has 1 fully saturated rings. The van der Waals surface area contributed by atoms with Gasteiger partial charge in [-0.1, -0.05) is 0 Å². The molecule has 1 saturated heterocycles. The molecule has 4 aromatic rings. The lowest BCUT2D eigenvalue weighted by atomic mass is 10.1. The predicted octanol–water partition coefficient (Wildman–Crippen LogP) is 4.48. The molecule has 0 amide bonds. The first-order chi connectivity index (χ1) is 17.5. The lowest BCUT2D eigenvalue weighted by molar-refractivity contribution is -0.0277. The highest BCUT2D eigenvalue weighted by molar-refractivity contribution is 5.76. The number of hydrogen-bond donors (Lipinski definition) is 1. The molecule has 0 unspecified atom stereocenters. The molecule has 0 radical (unpaired) electrons. The lowest BCUT2D eigenvalue weighted by Gasteiger charge is -2.39. The van der Waals surface area contributed by atoms with Gasteiger partial charge in [0.1, 0.15) is 5.75 Å². The zero-order chi connectivity index (χ0) is 24.7. The van der Waals surface area contributed by atoms with E-state index in [4.69, 9.17) is 19.2 Å². The number of nitrogens with zero attached hydrogens (tertiary/aromatic N) is 5. The van der Waals surface area contributed by atoms with Crippen molar-refractivity contribution in [1.82, 2.24) is 19.4 Å². The van der Waals surface area contributed by atoms with Crippen LogP contribution in [-0.4, -0.2) is 58.4 Å². The van der Waals surface area contributed by atoms with Gasteiger partial charge in [-0.2, -0.15) is 0 Å². The van der Waals surface area contributed by atoms with Gasteiger partial charge in [0.25, 0.3) is 0 Å². The summed E-state index contributed by atoms with van der Waals surface area (Å²) in [6.07, 6.45) is 9.45. The topological polar surface area (TPSA) is 86.0 Å². The van der Waals surface area contributed by atoms with Gasteiger partial charge in [0, 0.05) is 60.8 Å². The number of imidazole rings is 1. The Bertz CT molecular complexity index is 1420. The number of aryl methyl sites for hydroxylation is 1. The highest BCUT2D eigenvalue weighted by atomic mass is 16.5. The van der Waals surface area contributed by atoms with E-state index in [1.807, 2.05) is 35.1 Å². The van der Waals surface area contributed by atoms with Gasteiger partial charge < -0.3 is 28.8 Å². The van der Waals surface area contributed by atoms with Crippen LogP contribution in [0.25, 0.3) is 16.9 Å². The summed E-state index contributed by atoms with van der Waals surface area (Å²) in [5, 5.41) is 3.46. The number of morpholine rings is 1. The molecule has 2 aliphatic heterocycles. The summed E-state index contributed by atoms with van der Waals surface area (Å²) in [7, 11) is 1.70. The molecule has 0 atom stereocenters. The largest absolute Gasteiger partial charge is 0.495 e. The van der Waals surface area contributed by atoms with E-state index in [0.29, 0.717) is 12.4 Å². The molecule has 1 aromatic carbocycles. The average Bonchev–Trinajstić information content (AvgIpc) is 3.37. The lowest BCUT2D eigenvalue weighted by Crippen LogP contribution is -2.48. The molecule has 9 heteroatoms. The van der Waals surface area contributed by atoms with Crippen molar-refractivity contribution < 1.29 is 14.2 Å². The fourth-order valence-electron chi connectivity index (χ4n) is 4.91. The van der Waals surface area contributed by atoms with Crippen LogP contribution >= 0.6 is 0 Å². The second-order valence-electron chi connectivity index (χ2n) is 9.81. The third kappa shape index (κ3) is 4.30. The highest BCUT2D eigenvalue weighted by Gasteiger charge is 2.28. The monoisotopic (exact) mass is 486 g/mol. The molecule has 0 spiro atoms. The first-order valence-corrected chi connectivity index (χ1v) is 12.3. The van der Waals surface area contributed by atoms with Crippen LogP contribution in [0.4, 0.5) is 17.2 Å². The van der Waals surface area contributed by atoms with Crippen molar-refractivity contribution in [2.24, 2.45) is 0 Å². The third-order valence-corrected chi connectivity index (χ3v) is 6.63. The van der Waals surface area contributed by atoms with Crippen LogP contribution in [-0.2, 0) is 11.2 Å². The maximum atomic E-state index is 5.88. The first-order valence-electron chi connectivity index (χ1n) is 12.3. The van der Waals surface area contributed by atoms with Crippen LogP contribution in [0.15, 0.2) is 49.1 Å². The minimum Gasteiger partial charge on any atom is -0.495 e. The molecule has 0 bridgehead atoms. The Morgan fingerprint density at radius 2 is 2.06 bits per heavy atom. The molecule has 3 aromatic heterocycles. The zero-order valence-electron chi connectivity index (χ0n) is 20.8. The van der Waals surface area contributed by atoms with Crippen LogP contribution in [0.3, 0.4) is 0 Å². The average molecular weight is 487 g/mol. The summed E-state index contributed by atoms with van der Waals surface area (Å²) in [5.74, 6) is 2.18. The fourth-order valence-corrected chi connectivity index (χ4v) is 4.91. The third-order valence-electron chi connectivity index (χ3n) is 6.63. The van der Waals surface area contributed by atoms with Crippen molar-refractivity contribution in [1.29, 1.82) is 0 Å². The SMILES string of the molecule is COc1cc(Nc2nc(-c3cnc4c(c3)CCCO4)cn3ccnc23)ccc1N1CCOC(C)(C)C1. The Morgan fingerprint density at radius 3 is 2.92 bits per heavy atom. The fraction of sp³-hybridized carbons (Fsp3) is 0.370. The number of benzene rings is 1. The molecule has 6 rings (SSSR count). The van der Waals surface area contributed by atoms with Crippen molar-refractivity contribution in [3.8, 4) is 22.9 Å². The number of methoxy groups -OCH3 is 1. The Labute approximate surface area is 210 Å². The van der Waals surface area contributed by atoms with Gasteiger partial charge in [-0.15, -0.1) is 0 Å². The number of hydrogen-bond acceptors (Lipinski definition) is 8. The van der Waals surface area contributed by atoms with Crippen molar-refractivity contribution in [2.45, 2.75) is 32.3 Å². The molecule has 1 N–H and O–H groups in total. The number of nitrogens with one attached hydrogen (secondary N) is 1. The highest BCUT2D eigenvalue weighted by Crippen LogP contribution is 2.35. The minimum absolute atomic E-state index is 0.200. The number of rotatable bonds is 5. The minimum atomic E-state index is -0.200. The number of ether oxygens (including phenoxy) is 3. The summed E-state index contributed by atoms with van der Waals surface area (Å²) in [4.78, 5) is 16.3. The van der Waals surface area contributed by atoms with Gasteiger partial charge in [-0.25, -0.2) is 15.0 Å². The second-order valence-corrected chi connectivity index (χ2v) is 9.81. The molecular weight excluding hydrogens is 456 g/mol. The van der Waals surface area contributed by atoms with Gasteiger partial charge in [-0.05, 0) is 44.9 Å². The van der Waals surface area contributed by atoms with E-state index in [2.05, 4.69) is 46.2 Å². The Balaban J connectivity index is 1.33.